The Bertz CT molecular complexity index is 156. The predicted molar refractivity (Wildman–Crippen MR) is 45.6 cm³/mol. The normalized spacial score (nSPS) is 11.4. The Morgan fingerprint density at radius 3 is 2.25 bits per heavy atom. The highest BCUT2D eigenvalue weighted by atomic mass is 16.3. The quantitative estimate of drug-likeness (QED) is 0.603. The van der Waals surface area contributed by atoms with Crippen molar-refractivity contribution in [3.05, 3.63) is 0 Å². The van der Waals surface area contributed by atoms with Gasteiger partial charge < -0.3 is 15.1 Å². The molecule has 72 valence electrons. The summed E-state index contributed by atoms with van der Waals surface area (Å²) < 4.78 is 0. The van der Waals surface area contributed by atoms with E-state index in [1.165, 1.54) is 4.90 Å². The Kier molecular flexibility index (Phi) is 4.20. The third-order valence-corrected chi connectivity index (χ3v) is 1.76. The summed E-state index contributed by atoms with van der Waals surface area (Å²) in [5, 5.41) is 17.4. The zero-order valence-electron chi connectivity index (χ0n) is 7.87. The first-order valence-electron chi connectivity index (χ1n) is 3.93. The zero-order chi connectivity index (χ0) is 9.78. The van der Waals surface area contributed by atoms with E-state index in [1.807, 2.05) is 0 Å². The molecule has 0 saturated carbocycles. The van der Waals surface area contributed by atoms with Crippen LogP contribution in [0.5, 0.6) is 0 Å². The standard InChI is InChI=1S/C8H17NO3/c1-8(2,6-11)7(12)9(3)4-5-10/h10-11H,4-6H2,1-3H3. The Morgan fingerprint density at radius 1 is 1.42 bits per heavy atom. The molecule has 0 bridgehead atoms. The van der Waals surface area contributed by atoms with E-state index in [9.17, 15) is 4.79 Å². The maximum Gasteiger partial charge on any atom is 0.230 e. The first-order chi connectivity index (χ1) is 5.45. The van der Waals surface area contributed by atoms with Crippen molar-refractivity contribution in [2.24, 2.45) is 5.41 Å². The van der Waals surface area contributed by atoms with Crippen molar-refractivity contribution >= 4 is 5.91 Å². The van der Waals surface area contributed by atoms with Gasteiger partial charge in [0.15, 0.2) is 0 Å². The van der Waals surface area contributed by atoms with Gasteiger partial charge in [0, 0.05) is 13.6 Å². The molecule has 12 heavy (non-hydrogen) atoms. The van der Waals surface area contributed by atoms with Crippen molar-refractivity contribution in [3.8, 4) is 0 Å². The second-order valence-electron chi connectivity index (χ2n) is 3.49. The lowest BCUT2D eigenvalue weighted by Crippen LogP contribution is -2.41. The summed E-state index contributed by atoms with van der Waals surface area (Å²) >= 11 is 0. The average molecular weight is 175 g/mol. The van der Waals surface area contributed by atoms with Crippen LogP contribution < -0.4 is 0 Å². The van der Waals surface area contributed by atoms with E-state index < -0.39 is 5.41 Å². The topological polar surface area (TPSA) is 60.8 Å². The molecule has 4 nitrogen and oxygen atoms in total. The van der Waals surface area contributed by atoms with E-state index in [0.717, 1.165) is 0 Å². The van der Waals surface area contributed by atoms with Gasteiger partial charge in [-0.15, -0.1) is 0 Å². The number of aliphatic hydroxyl groups excluding tert-OH is 2. The summed E-state index contributed by atoms with van der Waals surface area (Å²) in [6.45, 7) is 3.42. The highest BCUT2D eigenvalue weighted by Crippen LogP contribution is 2.16. The van der Waals surface area contributed by atoms with E-state index in [-0.39, 0.29) is 19.1 Å². The minimum atomic E-state index is -0.746. The number of likely N-dealkylation sites (N-methyl/N-ethyl adjacent to an activating group) is 1. The SMILES string of the molecule is CN(CCO)C(=O)C(C)(C)CO. The first-order valence-corrected chi connectivity index (χ1v) is 3.93. The van der Waals surface area contributed by atoms with Crippen LogP contribution in [0.15, 0.2) is 0 Å². The molecule has 2 N–H and O–H groups in total. The van der Waals surface area contributed by atoms with Gasteiger partial charge in [0.1, 0.15) is 0 Å². The van der Waals surface area contributed by atoms with Crippen LogP contribution in [0.1, 0.15) is 13.8 Å². The van der Waals surface area contributed by atoms with Gasteiger partial charge >= 0.3 is 0 Å². The largest absolute Gasteiger partial charge is 0.395 e. The van der Waals surface area contributed by atoms with Gasteiger partial charge in [0.2, 0.25) is 5.91 Å². The number of amides is 1. The lowest BCUT2D eigenvalue weighted by atomic mass is 9.93. The Balaban J connectivity index is 4.18. The van der Waals surface area contributed by atoms with Crippen molar-refractivity contribution in [3.63, 3.8) is 0 Å². The van der Waals surface area contributed by atoms with Crippen LogP contribution >= 0.6 is 0 Å². The monoisotopic (exact) mass is 175 g/mol. The number of carbonyl (C=O) groups excluding carboxylic acids is 1. The van der Waals surface area contributed by atoms with Crippen LogP contribution in [0.25, 0.3) is 0 Å². The molecule has 0 unspecified atom stereocenters. The van der Waals surface area contributed by atoms with Gasteiger partial charge in [0.25, 0.3) is 0 Å². The molecule has 0 aromatic carbocycles. The molecule has 0 aliphatic rings. The minimum absolute atomic E-state index is 0.0518. The summed E-state index contributed by atoms with van der Waals surface area (Å²) in [5.74, 6) is -0.154. The molecule has 1 amide bonds. The molecule has 0 radical (unpaired) electrons. The minimum Gasteiger partial charge on any atom is -0.395 e. The fourth-order valence-electron chi connectivity index (χ4n) is 0.836. The zero-order valence-corrected chi connectivity index (χ0v) is 7.87. The fourth-order valence-corrected chi connectivity index (χ4v) is 0.836. The number of nitrogens with zero attached hydrogens (tertiary/aromatic N) is 1. The van der Waals surface area contributed by atoms with E-state index in [2.05, 4.69) is 0 Å². The summed E-state index contributed by atoms with van der Waals surface area (Å²) in [5.41, 5.74) is -0.746. The van der Waals surface area contributed by atoms with Crippen LogP contribution in [0.4, 0.5) is 0 Å². The Morgan fingerprint density at radius 2 is 1.92 bits per heavy atom. The van der Waals surface area contributed by atoms with Gasteiger partial charge in [-0.1, -0.05) is 0 Å². The van der Waals surface area contributed by atoms with Gasteiger partial charge in [-0.05, 0) is 13.8 Å². The highest BCUT2D eigenvalue weighted by molar-refractivity contribution is 5.81. The van der Waals surface area contributed by atoms with Crippen molar-refractivity contribution in [1.29, 1.82) is 0 Å². The fraction of sp³-hybridized carbons (Fsp3) is 0.875. The molecule has 0 fully saturated rings. The third kappa shape index (κ3) is 2.79. The number of hydrogen-bond donors (Lipinski definition) is 2. The van der Waals surface area contributed by atoms with Crippen LogP contribution in [0.3, 0.4) is 0 Å². The Hall–Kier alpha value is -0.610. The van der Waals surface area contributed by atoms with Crippen molar-refractivity contribution in [2.45, 2.75) is 13.8 Å². The molecule has 0 aromatic rings. The second kappa shape index (κ2) is 4.42. The van der Waals surface area contributed by atoms with Gasteiger partial charge in [-0.2, -0.15) is 0 Å². The molecular formula is C8H17NO3. The lowest BCUT2D eigenvalue weighted by molar-refractivity contribution is -0.141. The third-order valence-electron chi connectivity index (χ3n) is 1.76. The van der Waals surface area contributed by atoms with Crippen molar-refractivity contribution in [1.82, 2.24) is 4.90 Å². The maximum atomic E-state index is 11.4. The number of aliphatic hydroxyl groups is 2. The van der Waals surface area contributed by atoms with Crippen molar-refractivity contribution < 1.29 is 15.0 Å². The van der Waals surface area contributed by atoms with Crippen LogP contribution in [0.2, 0.25) is 0 Å². The summed E-state index contributed by atoms with van der Waals surface area (Å²) in [7, 11) is 1.61. The van der Waals surface area contributed by atoms with Gasteiger partial charge in [-0.3, -0.25) is 4.79 Å². The van der Waals surface area contributed by atoms with Gasteiger partial charge in [-0.25, -0.2) is 0 Å². The number of rotatable bonds is 4. The summed E-state index contributed by atoms with van der Waals surface area (Å²) in [6.07, 6.45) is 0. The van der Waals surface area contributed by atoms with E-state index in [1.54, 1.807) is 20.9 Å². The van der Waals surface area contributed by atoms with E-state index >= 15 is 0 Å². The maximum absolute atomic E-state index is 11.4. The molecule has 0 atom stereocenters. The molecule has 0 saturated heterocycles. The molecule has 0 aromatic heterocycles. The molecule has 0 aliphatic heterocycles. The first kappa shape index (κ1) is 11.4. The van der Waals surface area contributed by atoms with Crippen molar-refractivity contribution in [2.75, 3.05) is 26.8 Å². The number of hydrogen-bond acceptors (Lipinski definition) is 3. The van der Waals surface area contributed by atoms with E-state index in [0.29, 0.717) is 6.54 Å². The molecule has 0 aliphatic carbocycles. The van der Waals surface area contributed by atoms with Crippen LogP contribution in [-0.2, 0) is 4.79 Å². The predicted octanol–water partition coefficient (Wildman–Crippen LogP) is -0.544. The molecular weight excluding hydrogens is 158 g/mol. The molecule has 4 heteroatoms. The van der Waals surface area contributed by atoms with E-state index in [4.69, 9.17) is 10.2 Å². The number of carbonyl (C=O) groups is 1. The van der Waals surface area contributed by atoms with Crippen LogP contribution in [0, 0.1) is 5.41 Å². The molecule has 0 spiro atoms. The average Bonchev–Trinajstić information content (AvgIpc) is 2.03. The van der Waals surface area contributed by atoms with Gasteiger partial charge in [0.05, 0.1) is 18.6 Å². The molecule has 0 heterocycles. The smallest absolute Gasteiger partial charge is 0.230 e. The molecule has 0 rings (SSSR count). The lowest BCUT2D eigenvalue weighted by Gasteiger charge is -2.26. The summed E-state index contributed by atoms with van der Waals surface area (Å²) in [4.78, 5) is 12.9. The van der Waals surface area contributed by atoms with Crippen LogP contribution in [-0.4, -0.2) is 47.8 Å². The highest BCUT2D eigenvalue weighted by Gasteiger charge is 2.29. The second-order valence-corrected chi connectivity index (χ2v) is 3.49. The summed E-state index contributed by atoms with van der Waals surface area (Å²) in [6, 6.07) is 0. The Labute approximate surface area is 72.8 Å².